The van der Waals surface area contributed by atoms with Crippen LogP contribution in [0.15, 0.2) is 24.3 Å². The average Bonchev–Trinajstić information content (AvgIpc) is 3.32. The van der Waals surface area contributed by atoms with E-state index in [4.69, 9.17) is 9.84 Å². The number of rotatable bonds is 8. The molecule has 1 aromatic carbocycles. The molecule has 3 aliphatic heterocycles. The molecule has 1 aromatic rings. The molecule has 0 aliphatic carbocycles. The first kappa shape index (κ1) is 19.4. The Morgan fingerprint density at radius 3 is 2.93 bits per heavy atom. The van der Waals surface area contributed by atoms with Gasteiger partial charge in [-0.1, -0.05) is 24.3 Å². The van der Waals surface area contributed by atoms with Gasteiger partial charge in [-0.2, -0.15) is 0 Å². The summed E-state index contributed by atoms with van der Waals surface area (Å²) in [6, 6.07) is 8.20. The largest absolute Gasteiger partial charge is 0.481 e. The van der Waals surface area contributed by atoms with E-state index in [1.807, 2.05) is 12.1 Å². The van der Waals surface area contributed by atoms with Gasteiger partial charge in [0.25, 0.3) is 0 Å². The number of carbonyl (C=O) groups excluding carboxylic acids is 1. The fraction of sp³-hybridized carbons (Fsp3) is 0.636. The van der Waals surface area contributed by atoms with E-state index in [9.17, 15) is 9.59 Å². The molecule has 28 heavy (non-hydrogen) atoms. The lowest BCUT2D eigenvalue weighted by molar-refractivity contribution is -0.137. The number of nitrogens with zero attached hydrogens (tertiary/aromatic N) is 1. The Balaban J connectivity index is 1.28. The number of carbonyl (C=O) groups is 2. The number of benzene rings is 1. The van der Waals surface area contributed by atoms with Crippen LogP contribution in [-0.4, -0.2) is 59.8 Å². The van der Waals surface area contributed by atoms with Crippen molar-refractivity contribution >= 4 is 11.9 Å². The van der Waals surface area contributed by atoms with E-state index in [-0.39, 0.29) is 24.0 Å². The maximum Gasteiger partial charge on any atom is 0.304 e. The molecule has 0 aromatic heterocycles. The normalized spacial score (nSPS) is 31.1. The third kappa shape index (κ3) is 3.80. The van der Waals surface area contributed by atoms with E-state index in [1.165, 1.54) is 11.1 Å². The van der Waals surface area contributed by atoms with Gasteiger partial charge in [-0.3, -0.25) is 14.5 Å². The molecule has 3 fully saturated rings. The Hall–Kier alpha value is -1.92. The van der Waals surface area contributed by atoms with Crippen LogP contribution in [0, 0.1) is 18.8 Å². The molecule has 152 valence electrons. The van der Waals surface area contributed by atoms with Crippen LogP contribution in [0.4, 0.5) is 0 Å². The smallest absolute Gasteiger partial charge is 0.304 e. The summed E-state index contributed by atoms with van der Waals surface area (Å²) in [6.07, 6.45) is 3.79. The minimum Gasteiger partial charge on any atom is -0.481 e. The van der Waals surface area contributed by atoms with Crippen LogP contribution >= 0.6 is 0 Å². The summed E-state index contributed by atoms with van der Waals surface area (Å²) in [5.74, 6) is 0.0840. The number of amides is 1. The second-order valence-corrected chi connectivity index (χ2v) is 8.64. The summed E-state index contributed by atoms with van der Waals surface area (Å²) in [6.45, 7) is 5.04. The van der Waals surface area contributed by atoms with Crippen molar-refractivity contribution in [1.29, 1.82) is 0 Å². The third-order valence-corrected chi connectivity index (χ3v) is 6.91. The van der Waals surface area contributed by atoms with E-state index in [0.717, 1.165) is 32.4 Å². The molecule has 3 aliphatic rings. The zero-order valence-electron chi connectivity index (χ0n) is 16.5. The molecule has 0 unspecified atom stereocenters. The second-order valence-electron chi connectivity index (χ2n) is 8.64. The maximum atomic E-state index is 12.4. The van der Waals surface area contributed by atoms with Gasteiger partial charge < -0.3 is 15.2 Å². The number of aryl methyl sites for hydroxylation is 2. The van der Waals surface area contributed by atoms with E-state index in [0.29, 0.717) is 31.3 Å². The lowest BCUT2D eigenvalue weighted by Crippen LogP contribution is -2.41. The molecular formula is C22H30N2O4. The first-order chi connectivity index (χ1) is 13.5. The standard InChI is InChI=1S/C22H30N2O4/c1-15-4-2-3-5-16(15)6-7-20(25)23-12-17-18-13-24(11-9-21(26)27)14-22(18)10-8-19(17)28-22/h2-5,17-19H,6-14H2,1H3,(H,23,25)(H,26,27)/t17-,18+,19+,22+/m0/s1. The highest BCUT2D eigenvalue weighted by Crippen LogP contribution is 2.54. The molecule has 3 saturated heterocycles. The van der Waals surface area contributed by atoms with E-state index in [2.05, 4.69) is 29.3 Å². The van der Waals surface area contributed by atoms with Crippen molar-refractivity contribution < 1.29 is 19.4 Å². The SMILES string of the molecule is Cc1ccccc1CCC(=O)NC[C@H]1[C@H]2CN(CCC(=O)O)C[C@]23CC[C@H]1O3. The summed E-state index contributed by atoms with van der Waals surface area (Å²) in [7, 11) is 0. The number of carboxylic acid groups (broad SMARTS) is 1. The van der Waals surface area contributed by atoms with Crippen LogP contribution in [-0.2, 0) is 20.7 Å². The highest BCUT2D eigenvalue weighted by molar-refractivity contribution is 5.76. The van der Waals surface area contributed by atoms with Crippen LogP contribution in [0.3, 0.4) is 0 Å². The molecule has 0 saturated carbocycles. The zero-order chi connectivity index (χ0) is 19.7. The Labute approximate surface area is 166 Å². The van der Waals surface area contributed by atoms with E-state index < -0.39 is 5.97 Å². The molecule has 1 spiro atoms. The van der Waals surface area contributed by atoms with Gasteiger partial charge in [0.15, 0.2) is 0 Å². The quantitative estimate of drug-likeness (QED) is 0.714. The Kier molecular flexibility index (Phi) is 5.43. The number of aliphatic carboxylic acids is 1. The highest BCUT2D eigenvalue weighted by Gasteiger charge is 2.62. The molecule has 1 amide bonds. The molecule has 6 nitrogen and oxygen atoms in total. The number of hydrogen-bond acceptors (Lipinski definition) is 4. The second kappa shape index (κ2) is 7.84. The Morgan fingerprint density at radius 2 is 2.14 bits per heavy atom. The summed E-state index contributed by atoms with van der Waals surface area (Å²) in [5, 5.41) is 12.1. The van der Waals surface area contributed by atoms with Gasteiger partial charge in [0.05, 0.1) is 18.1 Å². The molecule has 6 heteroatoms. The van der Waals surface area contributed by atoms with Crippen molar-refractivity contribution in [3.8, 4) is 0 Å². The van der Waals surface area contributed by atoms with E-state index >= 15 is 0 Å². The highest BCUT2D eigenvalue weighted by atomic mass is 16.5. The van der Waals surface area contributed by atoms with Crippen LogP contribution in [0.5, 0.6) is 0 Å². The van der Waals surface area contributed by atoms with Crippen LogP contribution in [0.2, 0.25) is 0 Å². The van der Waals surface area contributed by atoms with Gasteiger partial charge in [0, 0.05) is 44.4 Å². The van der Waals surface area contributed by atoms with E-state index in [1.54, 1.807) is 0 Å². The van der Waals surface area contributed by atoms with Gasteiger partial charge >= 0.3 is 5.97 Å². The fourth-order valence-corrected chi connectivity index (χ4v) is 5.44. The summed E-state index contributed by atoms with van der Waals surface area (Å²) in [4.78, 5) is 25.5. The number of nitrogens with one attached hydrogen (secondary N) is 1. The maximum absolute atomic E-state index is 12.4. The number of carboxylic acids is 1. The van der Waals surface area contributed by atoms with Gasteiger partial charge in [-0.05, 0) is 37.3 Å². The molecule has 4 rings (SSSR count). The molecule has 2 N–H and O–H groups in total. The van der Waals surface area contributed by atoms with Gasteiger partial charge in [-0.15, -0.1) is 0 Å². The lowest BCUT2D eigenvalue weighted by Gasteiger charge is -2.29. The number of fused-ring (bicyclic) bond motifs is 1. The first-order valence-electron chi connectivity index (χ1n) is 10.4. The van der Waals surface area contributed by atoms with Crippen LogP contribution < -0.4 is 5.32 Å². The number of likely N-dealkylation sites (tertiary alicyclic amines) is 1. The monoisotopic (exact) mass is 386 g/mol. The first-order valence-corrected chi connectivity index (χ1v) is 10.4. The summed E-state index contributed by atoms with van der Waals surface area (Å²) >= 11 is 0. The van der Waals surface area contributed by atoms with Crippen molar-refractivity contribution in [3.05, 3.63) is 35.4 Å². The number of ether oxygens (including phenoxy) is 1. The Morgan fingerprint density at radius 1 is 1.32 bits per heavy atom. The van der Waals surface area contributed by atoms with Gasteiger partial charge in [-0.25, -0.2) is 0 Å². The van der Waals surface area contributed by atoms with Crippen molar-refractivity contribution in [1.82, 2.24) is 10.2 Å². The predicted octanol–water partition coefficient (Wildman–Crippen LogP) is 2.00. The van der Waals surface area contributed by atoms with Gasteiger partial charge in [0.2, 0.25) is 5.91 Å². The Bertz CT molecular complexity index is 752. The molecule has 2 bridgehead atoms. The minimum absolute atomic E-state index is 0.0980. The van der Waals surface area contributed by atoms with Gasteiger partial charge in [0.1, 0.15) is 0 Å². The topological polar surface area (TPSA) is 78.9 Å². The van der Waals surface area contributed by atoms with Crippen molar-refractivity contribution in [2.24, 2.45) is 11.8 Å². The molecule has 3 heterocycles. The lowest BCUT2D eigenvalue weighted by atomic mass is 9.73. The third-order valence-electron chi connectivity index (χ3n) is 6.91. The molecule has 0 radical (unpaired) electrons. The molecular weight excluding hydrogens is 356 g/mol. The van der Waals surface area contributed by atoms with Crippen LogP contribution in [0.1, 0.15) is 36.8 Å². The van der Waals surface area contributed by atoms with Crippen LogP contribution in [0.25, 0.3) is 0 Å². The fourth-order valence-electron chi connectivity index (χ4n) is 5.44. The van der Waals surface area contributed by atoms with Crippen molar-refractivity contribution in [2.75, 3.05) is 26.2 Å². The average molecular weight is 386 g/mol. The van der Waals surface area contributed by atoms with Crippen molar-refractivity contribution in [2.45, 2.75) is 50.7 Å². The zero-order valence-corrected chi connectivity index (χ0v) is 16.5. The summed E-state index contributed by atoms with van der Waals surface area (Å²) < 4.78 is 6.37. The minimum atomic E-state index is -0.753. The summed E-state index contributed by atoms with van der Waals surface area (Å²) in [5.41, 5.74) is 2.34. The molecule has 4 atom stereocenters. The number of hydrogen-bond donors (Lipinski definition) is 2. The predicted molar refractivity (Wildman–Crippen MR) is 105 cm³/mol. The van der Waals surface area contributed by atoms with Crippen molar-refractivity contribution in [3.63, 3.8) is 0 Å².